The van der Waals surface area contributed by atoms with Gasteiger partial charge in [0.2, 0.25) is 5.75 Å². The number of guanidine groups is 1. The second kappa shape index (κ2) is 14.1. The van der Waals surface area contributed by atoms with E-state index in [4.69, 9.17) is 30.5 Å². The molecule has 0 aliphatic heterocycles. The van der Waals surface area contributed by atoms with Crippen molar-refractivity contribution in [3.05, 3.63) is 47.0 Å². The Hall–Kier alpha value is -2.07. The number of nitrogens with one attached hydrogen (secondary N) is 2. The normalized spacial score (nSPS) is 11.7. The van der Waals surface area contributed by atoms with Gasteiger partial charge in [-0.15, -0.1) is 24.0 Å². The molecule has 0 heterocycles. The largest absolute Gasteiger partial charge is 0.493 e. The van der Waals surface area contributed by atoms with Gasteiger partial charge >= 0.3 is 0 Å². The van der Waals surface area contributed by atoms with Gasteiger partial charge in [-0.25, -0.2) is 0 Å². The zero-order valence-electron chi connectivity index (χ0n) is 18.5. The standard InChI is InChI=1S/C22H30ClN3O4.HI/c1-6-16(30-18-10-8-7-9-17(18)23)14-26-22(24-2)25-13-15-11-19(27-3)21(29-5)20(12-15)28-4;/h7-12,16H,6,13-14H2,1-5H3,(H2,24,25,26);1H. The number of hydrogen-bond donors (Lipinski definition) is 2. The lowest BCUT2D eigenvalue weighted by molar-refractivity contribution is 0.199. The van der Waals surface area contributed by atoms with Crippen LogP contribution in [0.3, 0.4) is 0 Å². The van der Waals surface area contributed by atoms with Crippen LogP contribution in [0.1, 0.15) is 18.9 Å². The van der Waals surface area contributed by atoms with Crippen LogP contribution in [0.5, 0.6) is 23.0 Å². The molecule has 0 amide bonds. The fourth-order valence-corrected chi connectivity index (χ4v) is 3.02. The van der Waals surface area contributed by atoms with Crippen molar-refractivity contribution in [3.8, 4) is 23.0 Å². The van der Waals surface area contributed by atoms with Crippen LogP contribution >= 0.6 is 35.6 Å². The molecule has 0 bridgehead atoms. The van der Waals surface area contributed by atoms with Crippen molar-refractivity contribution in [1.82, 2.24) is 10.6 Å². The van der Waals surface area contributed by atoms with Gasteiger partial charge in [-0.2, -0.15) is 0 Å². The van der Waals surface area contributed by atoms with Gasteiger partial charge in [-0.1, -0.05) is 30.7 Å². The van der Waals surface area contributed by atoms with E-state index in [1.54, 1.807) is 28.4 Å². The van der Waals surface area contributed by atoms with Crippen molar-refractivity contribution < 1.29 is 18.9 Å². The second-order valence-corrected chi connectivity index (χ2v) is 6.83. The summed E-state index contributed by atoms with van der Waals surface area (Å²) in [5.41, 5.74) is 0.965. The number of rotatable bonds is 10. The van der Waals surface area contributed by atoms with Gasteiger partial charge in [0.1, 0.15) is 11.9 Å². The molecule has 0 aliphatic rings. The highest BCUT2D eigenvalue weighted by Gasteiger charge is 2.14. The third-order valence-electron chi connectivity index (χ3n) is 4.49. The zero-order valence-corrected chi connectivity index (χ0v) is 21.6. The van der Waals surface area contributed by atoms with E-state index >= 15 is 0 Å². The number of para-hydroxylation sites is 1. The maximum atomic E-state index is 6.19. The van der Waals surface area contributed by atoms with E-state index in [1.165, 1.54) is 0 Å². The zero-order chi connectivity index (χ0) is 21.9. The highest BCUT2D eigenvalue weighted by Crippen LogP contribution is 2.38. The molecule has 1 atom stereocenters. The van der Waals surface area contributed by atoms with Gasteiger partial charge < -0.3 is 29.6 Å². The summed E-state index contributed by atoms with van der Waals surface area (Å²) in [6.07, 6.45) is 0.770. The third kappa shape index (κ3) is 7.84. The fourth-order valence-electron chi connectivity index (χ4n) is 2.84. The Morgan fingerprint density at radius 3 is 2.16 bits per heavy atom. The molecule has 0 spiro atoms. The van der Waals surface area contributed by atoms with Crippen molar-refractivity contribution in [2.24, 2.45) is 4.99 Å². The number of aliphatic imine (C=N–C) groups is 1. The molecule has 172 valence electrons. The quantitative estimate of drug-likeness (QED) is 0.252. The molecule has 2 rings (SSSR count). The summed E-state index contributed by atoms with van der Waals surface area (Å²) >= 11 is 6.19. The Morgan fingerprint density at radius 2 is 1.65 bits per heavy atom. The monoisotopic (exact) mass is 563 g/mol. The summed E-state index contributed by atoms with van der Waals surface area (Å²) in [5.74, 6) is 3.11. The van der Waals surface area contributed by atoms with Crippen molar-refractivity contribution in [3.63, 3.8) is 0 Å². The van der Waals surface area contributed by atoms with E-state index in [0.29, 0.717) is 47.1 Å². The van der Waals surface area contributed by atoms with E-state index < -0.39 is 0 Å². The molecule has 9 heteroatoms. The minimum Gasteiger partial charge on any atom is -0.493 e. The number of halogens is 2. The van der Waals surface area contributed by atoms with Crippen LogP contribution in [0.2, 0.25) is 5.02 Å². The summed E-state index contributed by atoms with van der Waals surface area (Å²) in [4.78, 5) is 4.28. The van der Waals surface area contributed by atoms with Gasteiger partial charge in [0.15, 0.2) is 17.5 Å². The van der Waals surface area contributed by atoms with E-state index in [2.05, 4.69) is 22.5 Å². The Balaban J connectivity index is 0.00000480. The van der Waals surface area contributed by atoms with Gasteiger partial charge in [-0.3, -0.25) is 4.99 Å². The van der Waals surface area contributed by atoms with Gasteiger partial charge in [0.05, 0.1) is 32.9 Å². The average molecular weight is 564 g/mol. The summed E-state index contributed by atoms with van der Waals surface area (Å²) in [5, 5.41) is 7.18. The Kier molecular flexibility index (Phi) is 12.2. The molecular formula is C22H31ClIN3O4. The molecule has 2 aromatic rings. The molecule has 31 heavy (non-hydrogen) atoms. The van der Waals surface area contributed by atoms with E-state index in [0.717, 1.165) is 12.0 Å². The van der Waals surface area contributed by atoms with E-state index in [9.17, 15) is 0 Å². The van der Waals surface area contributed by atoms with Crippen molar-refractivity contribution in [2.45, 2.75) is 26.0 Å². The molecule has 2 N–H and O–H groups in total. The van der Waals surface area contributed by atoms with Crippen LogP contribution in [0.4, 0.5) is 0 Å². The minimum absolute atomic E-state index is 0. The molecule has 0 saturated heterocycles. The average Bonchev–Trinajstić information content (AvgIpc) is 2.78. The molecular weight excluding hydrogens is 533 g/mol. The minimum atomic E-state index is -0.0513. The van der Waals surface area contributed by atoms with Crippen LogP contribution in [-0.2, 0) is 6.54 Å². The van der Waals surface area contributed by atoms with Crippen LogP contribution in [0.15, 0.2) is 41.4 Å². The smallest absolute Gasteiger partial charge is 0.203 e. The van der Waals surface area contributed by atoms with Gasteiger partial charge in [0.25, 0.3) is 0 Å². The van der Waals surface area contributed by atoms with Crippen LogP contribution in [0.25, 0.3) is 0 Å². The van der Waals surface area contributed by atoms with Crippen LogP contribution < -0.4 is 29.6 Å². The van der Waals surface area contributed by atoms with Crippen LogP contribution in [-0.4, -0.2) is 47.0 Å². The van der Waals surface area contributed by atoms with E-state index in [1.807, 2.05) is 36.4 Å². The lowest BCUT2D eigenvalue weighted by Gasteiger charge is -2.21. The maximum Gasteiger partial charge on any atom is 0.203 e. The first-order valence-electron chi connectivity index (χ1n) is 9.70. The summed E-state index contributed by atoms with van der Waals surface area (Å²) in [6, 6.07) is 11.3. The van der Waals surface area contributed by atoms with Crippen molar-refractivity contribution >= 4 is 41.5 Å². The molecule has 0 saturated carbocycles. The molecule has 0 radical (unpaired) electrons. The van der Waals surface area contributed by atoms with E-state index in [-0.39, 0.29) is 30.1 Å². The summed E-state index contributed by atoms with van der Waals surface area (Å²) in [7, 11) is 6.50. The predicted molar refractivity (Wildman–Crippen MR) is 136 cm³/mol. The number of methoxy groups -OCH3 is 3. The van der Waals surface area contributed by atoms with Gasteiger partial charge in [-0.05, 0) is 36.2 Å². The predicted octanol–water partition coefficient (Wildman–Crippen LogP) is 4.51. The molecule has 1 unspecified atom stereocenters. The number of benzene rings is 2. The molecule has 0 fully saturated rings. The Bertz CT molecular complexity index is 826. The maximum absolute atomic E-state index is 6.19. The molecule has 0 aliphatic carbocycles. The first-order valence-corrected chi connectivity index (χ1v) is 10.1. The Labute approximate surface area is 206 Å². The van der Waals surface area contributed by atoms with Crippen molar-refractivity contribution in [2.75, 3.05) is 34.9 Å². The SMILES string of the molecule is CCC(CNC(=NC)NCc1cc(OC)c(OC)c(OC)c1)Oc1ccccc1Cl.I. The first-order chi connectivity index (χ1) is 14.6. The second-order valence-electron chi connectivity index (χ2n) is 6.42. The topological polar surface area (TPSA) is 73.3 Å². The molecule has 0 aromatic heterocycles. The third-order valence-corrected chi connectivity index (χ3v) is 4.80. The molecule has 7 nitrogen and oxygen atoms in total. The lowest BCUT2D eigenvalue weighted by atomic mass is 10.2. The van der Waals surface area contributed by atoms with Crippen LogP contribution in [0, 0.1) is 0 Å². The number of hydrogen-bond acceptors (Lipinski definition) is 5. The number of nitrogens with zero attached hydrogens (tertiary/aromatic N) is 1. The summed E-state index contributed by atoms with van der Waals surface area (Å²) < 4.78 is 22.2. The number of ether oxygens (including phenoxy) is 4. The first kappa shape index (κ1) is 27.0. The highest BCUT2D eigenvalue weighted by atomic mass is 127. The molecule has 2 aromatic carbocycles. The highest BCUT2D eigenvalue weighted by molar-refractivity contribution is 14.0. The van der Waals surface area contributed by atoms with Gasteiger partial charge in [0, 0.05) is 13.6 Å². The van der Waals surface area contributed by atoms with Crippen molar-refractivity contribution in [1.29, 1.82) is 0 Å². The fraction of sp³-hybridized carbons (Fsp3) is 0.409. The Morgan fingerprint density at radius 1 is 1.00 bits per heavy atom. The lowest BCUT2D eigenvalue weighted by Crippen LogP contribution is -2.42. The summed E-state index contributed by atoms with van der Waals surface area (Å²) in [6.45, 7) is 3.17.